The Kier molecular flexibility index (Phi) is 2.67. The standard InChI is InChI=1S/C12H10N6/c1-2-4-9(5-3-1)6-7-10-12(16-18-14-10)11-8-13-17-15-11/h1-8H,(H,13,15,17)(H,14,16,18). The minimum absolute atomic E-state index is 0.663. The number of hydrogen-bond donors (Lipinski definition) is 2. The summed E-state index contributed by atoms with van der Waals surface area (Å²) < 4.78 is 0. The van der Waals surface area contributed by atoms with Crippen LogP contribution >= 0.6 is 0 Å². The Hall–Kier alpha value is -2.76. The maximum absolute atomic E-state index is 4.08. The molecule has 0 aliphatic rings. The molecule has 0 bridgehead atoms. The van der Waals surface area contributed by atoms with Crippen LogP contribution in [0.25, 0.3) is 23.5 Å². The summed E-state index contributed by atoms with van der Waals surface area (Å²) in [5, 5.41) is 21.0. The van der Waals surface area contributed by atoms with Crippen LogP contribution in [0.5, 0.6) is 0 Å². The predicted molar refractivity (Wildman–Crippen MR) is 67.1 cm³/mol. The van der Waals surface area contributed by atoms with Gasteiger partial charge in [-0.1, -0.05) is 36.4 Å². The zero-order chi connectivity index (χ0) is 12.2. The van der Waals surface area contributed by atoms with Gasteiger partial charge in [-0.3, -0.25) is 0 Å². The highest BCUT2D eigenvalue weighted by Gasteiger charge is 2.09. The second-order valence-electron chi connectivity index (χ2n) is 3.66. The first kappa shape index (κ1) is 10.4. The van der Waals surface area contributed by atoms with Crippen molar-refractivity contribution >= 4 is 12.2 Å². The van der Waals surface area contributed by atoms with Crippen LogP contribution in [0.1, 0.15) is 11.3 Å². The summed E-state index contributed by atoms with van der Waals surface area (Å²) in [7, 11) is 0. The number of H-pyrrole nitrogens is 2. The van der Waals surface area contributed by atoms with Crippen molar-refractivity contribution in [2.75, 3.05) is 0 Å². The molecule has 1 aromatic carbocycles. The van der Waals surface area contributed by atoms with Crippen LogP contribution in [0.15, 0.2) is 36.5 Å². The van der Waals surface area contributed by atoms with E-state index in [2.05, 4.69) is 30.8 Å². The van der Waals surface area contributed by atoms with Gasteiger partial charge in [-0.2, -0.15) is 30.8 Å². The van der Waals surface area contributed by atoms with E-state index in [9.17, 15) is 0 Å². The first-order valence-electron chi connectivity index (χ1n) is 5.43. The summed E-state index contributed by atoms with van der Waals surface area (Å²) in [5.41, 5.74) is 3.17. The Morgan fingerprint density at radius 1 is 0.889 bits per heavy atom. The van der Waals surface area contributed by atoms with Crippen LogP contribution in [0.2, 0.25) is 0 Å². The number of aromatic nitrogens is 6. The lowest BCUT2D eigenvalue weighted by Gasteiger charge is -1.91. The van der Waals surface area contributed by atoms with Crippen LogP contribution in [-0.2, 0) is 0 Å². The molecule has 3 rings (SSSR count). The number of nitrogens with zero attached hydrogens (tertiary/aromatic N) is 4. The van der Waals surface area contributed by atoms with E-state index < -0.39 is 0 Å². The first-order valence-corrected chi connectivity index (χ1v) is 5.43. The number of rotatable bonds is 3. The van der Waals surface area contributed by atoms with Gasteiger partial charge < -0.3 is 0 Å². The molecule has 0 spiro atoms. The molecule has 6 nitrogen and oxygen atoms in total. The Balaban J connectivity index is 1.91. The molecule has 0 aliphatic heterocycles. The van der Waals surface area contributed by atoms with Crippen LogP contribution in [-0.4, -0.2) is 30.8 Å². The quantitative estimate of drug-likeness (QED) is 0.728. The number of nitrogens with one attached hydrogen (secondary N) is 2. The van der Waals surface area contributed by atoms with Crippen molar-refractivity contribution in [3.8, 4) is 11.4 Å². The molecule has 0 amide bonds. The first-order chi connectivity index (χ1) is 8.93. The maximum Gasteiger partial charge on any atom is 0.142 e. The molecule has 88 valence electrons. The smallest absolute Gasteiger partial charge is 0.142 e. The van der Waals surface area contributed by atoms with Crippen molar-refractivity contribution in [2.45, 2.75) is 0 Å². The molecular formula is C12H10N6. The van der Waals surface area contributed by atoms with Crippen molar-refractivity contribution in [3.05, 3.63) is 47.8 Å². The highest BCUT2D eigenvalue weighted by molar-refractivity contribution is 5.74. The minimum atomic E-state index is 0.663. The second-order valence-corrected chi connectivity index (χ2v) is 3.66. The van der Waals surface area contributed by atoms with Crippen LogP contribution < -0.4 is 0 Å². The predicted octanol–water partition coefficient (Wildman–Crippen LogP) is 1.76. The van der Waals surface area contributed by atoms with E-state index in [1.165, 1.54) is 0 Å². The number of aromatic amines is 2. The van der Waals surface area contributed by atoms with Crippen molar-refractivity contribution in [3.63, 3.8) is 0 Å². The van der Waals surface area contributed by atoms with E-state index in [4.69, 9.17) is 0 Å². The summed E-state index contributed by atoms with van der Waals surface area (Å²) in [4.78, 5) is 0. The average molecular weight is 238 g/mol. The van der Waals surface area contributed by atoms with Gasteiger partial charge in [0.2, 0.25) is 0 Å². The largest absolute Gasteiger partial charge is 0.197 e. The van der Waals surface area contributed by atoms with Crippen molar-refractivity contribution in [1.29, 1.82) is 0 Å². The highest BCUT2D eigenvalue weighted by Crippen LogP contribution is 2.17. The molecule has 0 fully saturated rings. The summed E-state index contributed by atoms with van der Waals surface area (Å²) in [6.07, 6.45) is 5.47. The van der Waals surface area contributed by atoms with E-state index in [0.29, 0.717) is 11.4 Å². The number of benzene rings is 1. The average Bonchev–Trinajstić information content (AvgIpc) is 3.08. The van der Waals surface area contributed by atoms with E-state index in [0.717, 1.165) is 11.3 Å². The Labute approximate surface area is 103 Å². The molecule has 2 heterocycles. The van der Waals surface area contributed by atoms with Gasteiger partial charge in [0.1, 0.15) is 17.1 Å². The normalized spacial score (nSPS) is 11.1. The zero-order valence-electron chi connectivity index (χ0n) is 9.41. The van der Waals surface area contributed by atoms with Crippen LogP contribution in [0.3, 0.4) is 0 Å². The van der Waals surface area contributed by atoms with Gasteiger partial charge in [-0.25, -0.2) is 0 Å². The van der Waals surface area contributed by atoms with Crippen LogP contribution in [0.4, 0.5) is 0 Å². The van der Waals surface area contributed by atoms with E-state index in [1.807, 2.05) is 42.5 Å². The molecule has 2 N–H and O–H groups in total. The lowest BCUT2D eigenvalue weighted by Crippen LogP contribution is -1.82. The van der Waals surface area contributed by atoms with Crippen molar-refractivity contribution < 1.29 is 0 Å². The van der Waals surface area contributed by atoms with E-state index in [-0.39, 0.29) is 0 Å². The maximum atomic E-state index is 4.08. The molecule has 0 unspecified atom stereocenters. The molecular weight excluding hydrogens is 228 g/mol. The third kappa shape index (κ3) is 2.03. The molecule has 3 aromatic rings. The van der Waals surface area contributed by atoms with Gasteiger partial charge in [0.05, 0.1) is 6.20 Å². The van der Waals surface area contributed by atoms with Crippen molar-refractivity contribution in [1.82, 2.24) is 30.8 Å². The minimum Gasteiger partial charge on any atom is -0.197 e. The molecule has 6 heteroatoms. The lowest BCUT2D eigenvalue weighted by molar-refractivity contribution is 0.929. The molecule has 2 aromatic heterocycles. The molecule has 0 atom stereocenters. The molecule has 0 aliphatic carbocycles. The molecule has 0 saturated heterocycles. The summed E-state index contributed by atoms with van der Waals surface area (Å²) in [6, 6.07) is 10.00. The third-order valence-electron chi connectivity index (χ3n) is 2.47. The van der Waals surface area contributed by atoms with Gasteiger partial charge in [-0.15, -0.1) is 0 Å². The summed E-state index contributed by atoms with van der Waals surface area (Å²) in [5.74, 6) is 0. The topological polar surface area (TPSA) is 83.1 Å². The van der Waals surface area contributed by atoms with Gasteiger partial charge >= 0.3 is 0 Å². The fourth-order valence-electron chi connectivity index (χ4n) is 1.60. The van der Waals surface area contributed by atoms with Crippen LogP contribution in [0, 0.1) is 0 Å². The summed E-state index contributed by atoms with van der Waals surface area (Å²) in [6.45, 7) is 0. The summed E-state index contributed by atoms with van der Waals surface area (Å²) >= 11 is 0. The molecule has 18 heavy (non-hydrogen) atoms. The fraction of sp³-hybridized carbons (Fsp3) is 0. The second kappa shape index (κ2) is 4.62. The Morgan fingerprint density at radius 3 is 2.56 bits per heavy atom. The van der Waals surface area contributed by atoms with Gasteiger partial charge in [0.15, 0.2) is 0 Å². The fourth-order valence-corrected chi connectivity index (χ4v) is 1.60. The van der Waals surface area contributed by atoms with E-state index >= 15 is 0 Å². The number of hydrogen-bond acceptors (Lipinski definition) is 4. The highest BCUT2D eigenvalue weighted by atomic mass is 15.4. The molecule has 0 radical (unpaired) electrons. The SMILES string of the molecule is C(=Cc1n[nH]nc1-c1cn[nH]n1)c1ccccc1. The van der Waals surface area contributed by atoms with Gasteiger partial charge in [0, 0.05) is 0 Å². The van der Waals surface area contributed by atoms with Gasteiger partial charge in [0.25, 0.3) is 0 Å². The third-order valence-corrected chi connectivity index (χ3v) is 2.47. The molecule has 0 saturated carbocycles. The lowest BCUT2D eigenvalue weighted by atomic mass is 10.2. The van der Waals surface area contributed by atoms with Crippen molar-refractivity contribution in [2.24, 2.45) is 0 Å². The Bertz CT molecular complexity index is 638. The van der Waals surface area contributed by atoms with Gasteiger partial charge in [-0.05, 0) is 11.6 Å². The Morgan fingerprint density at radius 2 is 1.78 bits per heavy atom. The zero-order valence-corrected chi connectivity index (χ0v) is 9.41. The monoisotopic (exact) mass is 238 g/mol. The van der Waals surface area contributed by atoms with E-state index in [1.54, 1.807) is 6.20 Å².